The van der Waals surface area contributed by atoms with Gasteiger partial charge in [-0.3, -0.25) is 4.79 Å². The third kappa shape index (κ3) is 3.89. The van der Waals surface area contributed by atoms with Crippen LogP contribution in [0.3, 0.4) is 0 Å². The highest BCUT2D eigenvalue weighted by Crippen LogP contribution is 2.35. The number of thioether (sulfide) groups is 1. The van der Waals surface area contributed by atoms with Crippen LogP contribution in [0.5, 0.6) is 0 Å². The molecule has 0 bridgehead atoms. The lowest BCUT2D eigenvalue weighted by Gasteiger charge is -2.21. The second kappa shape index (κ2) is 7.19. The fourth-order valence-electron chi connectivity index (χ4n) is 2.88. The highest BCUT2D eigenvalue weighted by molar-refractivity contribution is 8.00. The van der Waals surface area contributed by atoms with Crippen LogP contribution in [0.1, 0.15) is 12.0 Å². The van der Waals surface area contributed by atoms with Crippen molar-refractivity contribution in [2.75, 3.05) is 6.54 Å². The standard InChI is InChI=1S/C18H19NO4S2/c1-13-7-9-16(10-8-13)25(22,23)19-12-15(11-17(19)18(20)21)24-14-5-3-2-4-6-14/h2-10,15,17H,11-12H2,1H3,(H,20,21)/t15-,17-/m0/s1. The number of rotatable bonds is 5. The van der Waals surface area contributed by atoms with Crippen LogP contribution in [0.25, 0.3) is 0 Å². The van der Waals surface area contributed by atoms with E-state index in [0.29, 0.717) is 6.42 Å². The summed E-state index contributed by atoms with van der Waals surface area (Å²) in [4.78, 5) is 12.8. The highest BCUT2D eigenvalue weighted by atomic mass is 32.2. The zero-order valence-electron chi connectivity index (χ0n) is 13.7. The quantitative estimate of drug-likeness (QED) is 0.867. The molecule has 5 nitrogen and oxygen atoms in total. The van der Waals surface area contributed by atoms with Crippen molar-refractivity contribution < 1.29 is 18.3 Å². The predicted molar refractivity (Wildman–Crippen MR) is 97.2 cm³/mol. The summed E-state index contributed by atoms with van der Waals surface area (Å²) in [6.45, 7) is 2.06. The number of carbonyl (C=O) groups is 1. The Morgan fingerprint density at radius 1 is 1.12 bits per heavy atom. The minimum atomic E-state index is -3.84. The van der Waals surface area contributed by atoms with Gasteiger partial charge in [-0.15, -0.1) is 11.8 Å². The molecule has 2 atom stereocenters. The Bertz CT molecular complexity index is 850. The zero-order chi connectivity index (χ0) is 18.0. The molecule has 2 aromatic carbocycles. The van der Waals surface area contributed by atoms with E-state index in [1.54, 1.807) is 12.1 Å². The molecule has 0 unspecified atom stereocenters. The molecule has 1 N–H and O–H groups in total. The molecule has 1 aliphatic heterocycles. The molecule has 2 aromatic rings. The van der Waals surface area contributed by atoms with Crippen molar-refractivity contribution in [3.63, 3.8) is 0 Å². The number of benzene rings is 2. The Morgan fingerprint density at radius 3 is 2.36 bits per heavy atom. The largest absolute Gasteiger partial charge is 0.480 e. The number of hydrogen-bond acceptors (Lipinski definition) is 4. The molecule has 1 fully saturated rings. The van der Waals surface area contributed by atoms with Crippen molar-refractivity contribution in [2.24, 2.45) is 0 Å². The van der Waals surface area contributed by atoms with Crippen molar-refractivity contribution >= 4 is 27.8 Å². The lowest BCUT2D eigenvalue weighted by Crippen LogP contribution is -2.40. The Balaban J connectivity index is 1.85. The third-order valence-electron chi connectivity index (χ3n) is 4.18. The van der Waals surface area contributed by atoms with Crippen molar-refractivity contribution in [3.8, 4) is 0 Å². The summed E-state index contributed by atoms with van der Waals surface area (Å²) in [5.74, 6) is -1.10. The van der Waals surface area contributed by atoms with E-state index < -0.39 is 22.0 Å². The third-order valence-corrected chi connectivity index (χ3v) is 7.28. The molecular formula is C18H19NO4S2. The Kier molecular flexibility index (Phi) is 5.17. The summed E-state index contributed by atoms with van der Waals surface area (Å²) < 4.78 is 26.9. The maximum absolute atomic E-state index is 12.9. The van der Waals surface area contributed by atoms with E-state index in [1.807, 2.05) is 37.3 Å². The fourth-order valence-corrected chi connectivity index (χ4v) is 5.83. The average Bonchev–Trinajstić information content (AvgIpc) is 3.01. The number of hydrogen-bond donors (Lipinski definition) is 1. The Morgan fingerprint density at radius 2 is 1.76 bits per heavy atom. The topological polar surface area (TPSA) is 74.7 Å². The van der Waals surface area contributed by atoms with Gasteiger partial charge < -0.3 is 5.11 Å². The van der Waals surface area contributed by atoms with Crippen LogP contribution in [0, 0.1) is 6.92 Å². The summed E-state index contributed by atoms with van der Waals surface area (Å²) in [5, 5.41) is 9.41. The molecule has 1 aliphatic rings. The van der Waals surface area contributed by atoms with E-state index in [1.165, 1.54) is 23.9 Å². The van der Waals surface area contributed by atoms with E-state index >= 15 is 0 Å². The molecule has 0 aliphatic carbocycles. The molecule has 3 rings (SSSR count). The lowest BCUT2D eigenvalue weighted by molar-refractivity contribution is -0.140. The maximum atomic E-state index is 12.9. The number of aryl methyl sites for hydroxylation is 1. The van der Waals surface area contributed by atoms with Crippen LogP contribution in [-0.4, -0.2) is 41.6 Å². The van der Waals surface area contributed by atoms with E-state index in [-0.39, 0.29) is 16.7 Å². The number of carboxylic acids is 1. The van der Waals surface area contributed by atoms with Gasteiger partial charge in [-0.25, -0.2) is 8.42 Å². The zero-order valence-corrected chi connectivity index (χ0v) is 15.3. The van der Waals surface area contributed by atoms with E-state index in [4.69, 9.17) is 0 Å². The molecule has 25 heavy (non-hydrogen) atoms. The van der Waals surface area contributed by atoms with Gasteiger partial charge in [-0.05, 0) is 37.6 Å². The Labute approximate surface area is 151 Å². The van der Waals surface area contributed by atoms with Crippen LogP contribution in [-0.2, 0) is 14.8 Å². The van der Waals surface area contributed by atoms with E-state index in [2.05, 4.69) is 0 Å². The van der Waals surface area contributed by atoms with Gasteiger partial charge in [0.2, 0.25) is 10.0 Å². The molecular weight excluding hydrogens is 358 g/mol. The van der Waals surface area contributed by atoms with Gasteiger partial charge in [-0.1, -0.05) is 35.9 Å². The van der Waals surface area contributed by atoms with Gasteiger partial charge in [0.15, 0.2) is 0 Å². The van der Waals surface area contributed by atoms with Crippen LogP contribution >= 0.6 is 11.8 Å². The second-order valence-corrected chi connectivity index (χ2v) is 9.29. The summed E-state index contributed by atoms with van der Waals surface area (Å²) in [7, 11) is -3.84. The number of sulfonamides is 1. The van der Waals surface area contributed by atoms with Gasteiger partial charge in [0.05, 0.1) is 4.90 Å². The first-order chi connectivity index (χ1) is 11.9. The molecule has 132 valence electrons. The van der Waals surface area contributed by atoms with Gasteiger partial charge in [0, 0.05) is 16.7 Å². The normalized spacial score (nSPS) is 21.3. The monoisotopic (exact) mass is 377 g/mol. The van der Waals surface area contributed by atoms with Crippen molar-refractivity contribution in [3.05, 3.63) is 60.2 Å². The van der Waals surface area contributed by atoms with E-state index in [9.17, 15) is 18.3 Å². The first kappa shape index (κ1) is 18.0. The summed E-state index contributed by atoms with van der Waals surface area (Å²) in [6.07, 6.45) is 0.292. The Hall–Kier alpha value is -1.83. The van der Waals surface area contributed by atoms with Crippen LogP contribution in [0.4, 0.5) is 0 Å². The average molecular weight is 377 g/mol. The van der Waals surface area contributed by atoms with Crippen molar-refractivity contribution in [1.29, 1.82) is 0 Å². The molecule has 0 spiro atoms. The summed E-state index contributed by atoms with van der Waals surface area (Å²) >= 11 is 1.52. The van der Waals surface area contributed by atoms with Crippen LogP contribution in [0.15, 0.2) is 64.4 Å². The summed E-state index contributed by atoms with van der Waals surface area (Å²) in [6, 6.07) is 15.1. The highest BCUT2D eigenvalue weighted by Gasteiger charge is 2.44. The lowest BCUT2D eigenvalue weighted by atomic mass is 10.2. The van der Waals surface area contributed by atoms with Crippen molar-refractivity contribution in [1.82, 2.24) is 4.31 Å². The smallest absolute Gasteiger partial charge is 0.322 e. The number of aliphatic carboxylic acids is 1. The minimum Gasteiger partial charge on any atom is -0.480 e. The molecule has 0 radical (unpaired) electrons. The van der Waals surface area contributed by atoms with E-state index in [0.717, 1.165) is 14.8 Å². The number of nitrogens with zero attached hydrogens (tertiary/aromatic N) is 1. The minimum absolute atomic E-state index is 0.0938. The van der Waals surface area contributed by atoms with Gasteiger partial charge in [-0.2, -0.15) is 4.31 Å². The first-order valence-electron chi connectivity index (χ1n) is 7.91. The van der Waals surface area contributed by atoms with Crippen LogP contribution < -0.4 is 0 Å². The first-order valence-corrected chi connectivity index (χ1v) is 10.2. The molecule has 1 saturated heterocycles. The number of carboxylic acid groups (broad SMARTS) is 1. The van der Waals surface area contributed by atoms with Crippen LogP contribution in [0.2, 0.25) is 0 Å². The van der Waals surface area contributed by atoms with Gasteiger partial charge in [0.25, 0.3) is 0 Å². The van der Waals surface area contributed by atoms with Crippen molar-refractivity contribution in [2.45, 2.75) is 34.4 Å². The molecule has 0 amide bonds. The molecule has 0 aromatic heterocycles. The predicted octanol–water partition coefficient (Wildman–Crippen LogP) is 3.00. The van der Waals surface area contributed by atoms with Gasteiger partial charge >= 0.3 is 5.97 Å². The van der Waals surface area contributed by atoms with Gasteiger partial charge in [0.1, 0.15) is 6.04 Å². The maximum Gasteiger partial charge on any atom is 0.322 e. The second-order valence-electron chi connectivity index (χ2n) is 6.03. The SMILES string of the molecule is Cc1ccc(S(=O)(=O)N2C[C@@H](Sc3ccccc3)C[C@H]2C(=O)O)cc1. The summed E-state index contributed by atoms with van der Waals surface area (Å²) in [5.41, 5.74) is 0.952. The molecule has 7 heteroatoms. The molecule has 1 heterocycles. The molecule has 0 saturated carbocycles. The fraction of sp³-hybridized carbons (Fsp3) is 0.278.